The van der Waals surface area contributed by atoms with Gasteiger partial charge in [-0.2, -0.15) is 0 Å². The normalized spacial score (nSPS) is 13.3. The molecule has 8 heteroatoms. The molecule has 170 valence electrons. The van der Waals surface area contributed by atoms with Gasteiger partial charge in [0.15, 0.2) is 0 Å². The summed E-state index contributed by atoms with van der Waals surface area (Å²) in [5, 5.41) is 2.57. The van der Waals surface area contributed by atoms with E-state index in [2.05, 4.69) is 27.9 Å². The topological polar surface area (TPSA) is 90.9 Å². The van der Waals surface area contributed by atoms with Gasteiger partial charge in [-0.1, -0.05) is 62.6 Å². The van der Waals surface area contributed by atoms with Crippen LogP contribution in [0.5, 0.6) is 0 Å². The van der Waals surface area contributed by atoms with Gasteiger partial charge in [-0.05, 0) is 43.0 Å². The fourth-order valence-corrected chi connectivity index (χ4v) is 3.18. The molecule has 2 atom stereocenters. The van der Waals surface area contributed by atoms with Crippen molar-refractivity contribution in [2.75, 3.05) is 24.2 Å². The number of carbonyl (C=O) groups excluding carboxylic acids is 3. The van der Waals surface area contributed by atoms with E-state index < -0.39 is 24.0 Å². The Balaban J connectivity index is 5.03. The molecular weight excluding hydrogens is 489 g/mol. The van der Waals surface area contributed by atoms with Gasteiger partial charge < -0.3 is 19.5 Å². The number of alkyl halides is 1. The standard InChI is InChI=1S/C21H38INO6/c1-6-27-18(24)16(12-10-8-9-11-13-22)14-17(19(25)28-7-2)23-20(26)29-15-21(3,4)5/h16-17H,6-15H2,1-5H3,(H,23,26)/t16-,17-/m0/s1. The number of rotatable bonds is 14. The summed E-state index contributed by atoms with van der Waals surface area (Å²) in [6, 6.07) is -0.953. The third kappa shape index (κ3) is 14.5. The van der Waals surface area contributed by atoms with Gasteiger partial charge in [0.1, 0.15) is 6.04 Å². The Hall–Kier alpha value is -1.06. The van der Waals surface area contributed by atoms with Crippen molar-refractivity contribution in [2.24, 2.45) is 11.3 Å². The number of carbonyl (C=O) groups is 3. The van der Waals surface area contributed by atoms with Crippen LogP contribution >= 0.6 is 22.6 Å². The maximum absolute atomic E-state index is 12.4. The second-order valence-corrected chi connectivity index (χ2v) is 9.24. The summed E-state index contributed by atoms with van der Waals surface area (Å²) < 4.78 is 16.6. The third-order valence-corrected chi connectivity index (χ3v) is 4.84. The summed E-state index contributed by atoms with van der Waals surface area (Å²) in [5.74, 6) is -1.40. The first kappa shape index (κ1) is 27.9. The van der Waals surface area contributed by atoms with E-state index >= 15 is 0 Å². The lowest BCUT2D eigenvalue weighted by atomic mass is 9.93. The van der Waals surface area contributed by atoms with E-state index in [4.69, 9.17) is 14.2 Å². The number of nitrogens with one attached hydrogen (secondary N) is 1. The van der Waals surface area contributed by atoms with E-state index in [1.54, 1.807) is 13.8 Å². The number of halogens is 1. The fourth-order valence-electron chi connectivity index (χ4n) is 2.64. The van der Waals surface area contributed by atoms with Gasteiger partial charge >= 0.3 is 18.0 Å². The maximum Gasteiger partial charge on any atom is 0.407 e. The molecule has 0 bridgehead atoms. The molecule has 0 saturated carbocycles. The Morgan fingerprint density at radius 3 is 2.03 bits per heavy atom. The molecule has 0 unspecified atom stereocenters. The quantitative estimate of drug-likeness (QED) is 0.116. The Bertz CT molecular complexity index is 492. The van der Waals surface area contributed by atoms with Crippen LogP contribution in [-0.4, -0.2) is 48.3 Å². The molecule has 1 N–H and O–H groups in total. The predicted molar refractivity (Wildman–Crippen MR) is 121 cm³/mol. The first-order valence-electron chi connectivity index (χ1n) is 10.5. The Morgan fingerprint density at radius 1 is 0.897 bits per heavy atom. The largest absolute Gasteiger partial charge is 0.466 e. The van der Waals surface area contributed by atoms with Crippen molar-refractivity contribution in [1.29, 1.82) is 0 Å². The molecule has 0 spiro atoms. The van der Waals surface area contributed by atoms with Crippen LogP contribution in [0.4, 0.5) is 4.79 Å². The molecule has 1 amide bonds. The monoisotopic (exact) mass is 527 g/mol. The highest BCUT2D eigenvalue weighted by Crippen LogP contribution is 2.20. The summed E-state index contributed by atoms with van der Waals surface area (Å²) in [5.41, 5.74) is -0.192. The van der Waals surface area contributed by atoms with Gasteiger partial charge in [0.2, 0.25) is 0 Å². The number of amides is 1. The molecule has 0 aliphatic rings. The van der Waals surface area contributed by atoms with Crippen LogP contribution in [0.3, 0.4) is 0 Å². The van der Waals surface area contributed by atoms with Crippen molar-refractivity contribution >= 4 is 40.6 Å². The van der Waals surface area contributed by atoms with E-state index in [1.165, 1.54) is 0 Å². The molecule has 0 rings (SSSR count). The number of hydrogen-bond acceptors (Lipinski definition) is 6. The lowest BCUT2D eigenvalue weighted by Crippen LogP contribution is -2.45. The van der Waals surface area contributed by atoms with Crippen molar-refractivity contribution in [3.63, 3.8) is 0 Å². The Labute approximate surface area is 189 Å². The van der Waals surface area contributed by atoms with Crippen molar-refractivity contribution in [3.8, 4) is 0 Å². The van der Waals surface area contributed by atoms with Gasteiger partial charge in [0, 0.05) is 0 Å². The van der Waals surface area contributed by atoms with E-state index in [0.29, 0.717) is 6.42 Å². The molecule has 0 heterocycles. The van der Waals surface area contributed by atoms with Crippen molar-refractivity contribution in [3.05, 3.63) is 0 Å². The van der Waals surface area contributed by atoms with Gasteiger partial charge in [0.25, 0.3) is 0 Å². The molecule has 0 fully saturated rings. The smallest absolute Gasteiger partial charge is 0.407 e. The molecule has 0 radical (unpaired) electrons. The zero-order valence-corrected chi connectivity index (χ0v) is 20.7. The number of esters is 2. The van der Waals surface area contributed by atoms with Crippen LogP contribution < -0.4 is 5.32 Å². The summed E-state index contributed by atoms with van der Waals surface area (Å²) in [4.78, 5) is 36.9. The zero-order chi connectivity index (χ0) is 22.3. The zero-order valence-electron chi connectivity index (χ0n) is 18.6. The fraction of sp³-hybridized carbons (Fsp3) is 0.857. The van der Waals surface area contributed by atoms with E-state index in [0.717, 1.165) is 30.1 Å². The van der Waals surface area contributed by atoms with Crippen LogP contribution in [0.1, 0.15) is 73.1 Å². The van der Waals surface area contributed by atoms with Crippen LogP contribution in [0.25, 0.3) is 0 Å². The molecule has 0 saturated heterocycles. The highest BCUT2D eigenvalue weighted by Gasteiger charge is 2.31. The number of unbranched alkanes of at least 4 members (excludes halogenated alkanes) is 3. The molecule has 0 aliphatic carbocycles. The van der Waals surface area contributed by atoms with Crippen molar-refractivity contribution in [2.45, 2.75) is 79.2 Å². The maximum atomic E-state index is 12.4. The highest BCUT2D eigenvalue weighted by atomic mass is 127. The van der Waals surface area contributed by atoms with Crippen molar-refractivity contribution in [1.82, 2.24) is 5.32 Å². The molecular formula is C21H38INO6. The first-order chi connectivity index (χ1) is 13.6. The molecule has 0 aromatic heterocycles. The Kier molecular flexibility index (Phi) is 15.2. The summed E-state index contributed by atoms with van der Waals surface area (Å²) >= 11 is 2.35. The average molecular weight is 527 g/mol. The molecule has 7 nitrogen and oxygen atoms in total. The molecule has 29 heavy (non-hydrogen) atoms. The highest BCUT2D eigenvalue weighted by molar-refractivity contribution is 14.1. The lowest BCUT2D eigenvalue weighted by Gasteiger charge is -2.23. The SMILES string of the molecule is CCOC(=O)[C@@H](CCCCCCI)C[C@H](NC(=O)OCC(C)(C)C)C(=O)OCC. The number of ether oxygens (including phenoxy) is 3. The average Bonchev–Trinajstić information content (AvgIpc) is 2.64. The van der Waals surface area contributed by atoms with Crippen LogP contribution in [0, 0.1) is 11.3 Å². The second-order valence-electron chi connectivity index (χ2n) is 8.16. The van der Waals surface area contributed by atoms with Gasteiger partial charge in [0.05, 0.1) is 25.7 Å². The van der Waals surface area contributed by atoms with E-state index in [1.807, 2.05) is 20.8 Å². The molecule has 0 aliphatic heterocycles. The predicted octanol–water partition coefficient (Wildman–Crippen LogP) is 4.65. The van der Waals surface area contributed by atoms with Gasteiger partial charge in [-0.3, -0.25) is 4.79 Å². The van der Waals surface area contributed by atoms with Crippen molar-refractivity contribution < 1.29 is 28.6 Å². The van der Waals surface area contributed by atoms with Crippen LogP contribution in [0.15, 0.2) is 0 Å². The van der Waals surface area contributed by atoms with Gasteiger partial charge in [-0.15, -0.1) is 0 Å². The van der Waals surface area contributed by atoms with Crippen LogP contribution in [0.2, 0.25) is 0 Å². The summed E-state index contributed by atoms with van der Waals surface area (Å²) in [6.07, 6.45) is 4.19. The number of alkyl carbamates (subject to hydrolysis) is 1. The van der Waals surface area contributed by atoms with Gasteiger partial charge in [-0.25, -0.2) is 9.59 Å². The lowest BCUT2D eigenvalue weighted by molar-refractivity contribution is -0.150. The number of hydrogen-bond donors (Lipinski definition) is 1. The molecule has 0 aromatic carbocycles. The summed E-state index contributed by atoms with van der Waals surface area (Å²) in [6.45, 7) is 9.95. The molecule has 0 aromatic rings. The summed E-state index contributed by atoms with van der Waals surface area (Å²) in [7, 11) is 0. The first-order valence-corrected chi connectivity index (χ1v) is 12.0. The minimum atomic E-state index is -0.953. The van der Waals surface area contributed by atoms with E-state index in [9.17, 15) is 14.4 Å². The van der Waals surface area contributed by atoms with E-state index in [-0.39, 0.29) is 37.6 Å². The Morgan fingerprint density at radius 2 is 1.48 bits per heavy atom. The minimum Gasteiger partial charge on any atom is -0.466 e. The third-order valence-electron chi connectivity index (χ3n) is 4.08. The second kappa shape index (κ2) is 15.7. The van der Waals surface area contributed by atoms with Crippen LogP contribution in [-0.2, 0) is 23.8 Å². The minimum absolute atomic E-state index is 0.134.